The van der Waals surface area contributed by atoms with Crippen LogP contribution in [0.25, 0.3) is 22.0 Å². The van der Waals surface area contributed by atoms with Gasteiger partial charge in [-0.2, -0.15) is 0 Å². The molecule has 1 aromatic heterocycles. The molecular formula is C23H26N2. The first kappa shape index (κ1) is 16.3. The maximum atomic E-state index is 4.78. The van der Waals surface area contributed by atoms with E-state index in [4.69, 9.17) is 4.98 Å². The lowest BCUT2D eigenvalue weighted by Crippen LogP contribution is -2.21. The van der Waals surface area contributed by atoms with Crippen LogP contribution in [-0.2, 0) is 5.54 Å². The van der Waals surface area contributed by atoms with Crippen molar-refractivity contribution in [3.05, 3.63) is 66.4 Å². The van der Waals surface area contributed by atoms with Gasteiger partial charge in [0, 0.05) is 22.7 Å². The van der Waals surface area contributed by atoms with Gasteiger partial charge in [-0.25, -0.2) is 0 Å². The van der Waals surface area contributed by atoms with Crippen LogP contribution >= 0.6 is 0 Å². The molecule has 1 aliphatic heterocycles. The Morgan fingerprint density at radius 2 is 1.72 bits per heavy atom. The normalized spacial score (nSPS) is 25.2. The van der Waals surface area contributed by atoms with Crippen LogP contribution < -0.4 is 5.32 Å². The second-order valence-electron chi connectivity index (χ2n) is 7.39. The van der Waals surface area contributed by atoms with Crippen molar-refractivity contribution in [3.8, 4) is 11.3 Å². The summed E-state index contributed by atoms with van der Waals surface area (Å²) in [6.07, 6.45) is 5.40. The fraction of sp³-hybridized carbons (Fsp3) is 0.348. The Morgan fingerprint density at radius 3 is 2.52 bits per heavy atom. The molecule has 0 bridgehead atoms. The fourth-order valence-corrected chi connectivity index (χ4v) is 4.65. The second-order valence-corrected chi connectivity index (χ2v) is 7.39. The monoisotopic (exact) mass is 330 g/mol. The predicted octanol–water partition coefficient (Wildman–Crippen LogP) is 5.67. The zero-order chi connectivity index (χ0) is 17.5. The maximum Gasteiger partial charge on any atom is 0.0783 e. The Hall–Kier alpha value is -2.19. The molecule has 0 aliphatic carbocycles. The van der Waals surface area contributed by atoms with Gasteiger partial charge in [0.15, 0.2) is 0 Å². The summed E-state index contributed by atoms with van der Waals surface area (Å²) in [6.45, 7) is 6.93. The van der Waals surface area contributed by atoms with Crippen LogP contribution in [0.2, 0.25) is 0 Å². The lowest BCUT2D eigenvalue weighted by atomic mass is 9.80. The van der Waals surface area contributed by atoms with Crippen LogP contribution in [0.15, 0.2) is 60.8 Å². The third kappa shape index (κ3) is 2.39. The van der Waals surface area contributed by atoms with Gasteiger partial charge in [0.25, 0.3) is 0 Å². The van der Waals surface area contributed by atoms with Crippen LogP contribution in [0, 0.1) is 0 Å². The third-order valence-electron chi connectivity index (χ3n) is 5.96. The summed E-state index contributed by atoms with van der Waals surface area (Å²) in [5, 5.41) is 6.32. The van der Waals surface area contributed by atoms with Crippen LogP contribution in [-0.4, -0.2) is 10.5 Å². The highest BCUT2D eigenvalue weighted by Gasteiger charge is 2.63. The van der Waals surface area contributed by atoms with E-state index in [0.29, 0.717) is 0 Å². The highest BCUT2D eigenvalue weighted by Crippen LogP contribution is 2.54. The van der Waals surface area contributed by atoms with E-state index in [0.717, 1.165) is 12.1 Å². The smallest absolute Gasteiger partial charge is 0.0783 e. The Bertz CT molecular complexity index is 911. The molecule has 1 N–H and O–H groups in total. The van der Waals surface area contributed by atoms with E-state index in [1.54, 1.807) is 0 Å². The Balaban J connectivity index is 1.91. The summed E-state index contributed by atoms with van der Waals surface area (Å²) < 4.78 is 0. The minimum absolute atomic E-state index is 0.0538. The summed E-state index contributed by atoms with van der Waals surface area (Å²) >= 11 is 0. The quantitative estimate of drug-likeness (QED) is 0.612. The lowest BCUT2D eigenvalue weighted by molar-refractivity contribution is 0.500. The summed E-state index contributed by atoms with van der Waals surface area (Å²) in [7, 11) is 0. The van der Waals surface area contributed by atoms with Gasteiger partial charge in [-0.05, 0) is 36.8 Å². The first-order valence-corrected chi connectivity index (χ1v) is 9.38. The van der Waals surface area contributed by atoms with Gasteiger partial charge in [-0.1, -0.05) is 68.8 Å². The molecule has 128 valence electrons. The molecule has 4 rings (SSSR count). The van der Waals surface area contributed by atoms with E-state index in [-0.39, 0.29) is 11.1 Å². The topological polar surface area (TPSA) is 34.8 Å². The number of hydrogen-bond donors (Lipinski definition) is 1. The minimum Gasteiger partial charge on any atom is -0.298 e. The van der Waals surface area contributed by atoms with E-state index in [2.05, 4.69) is 80.7 Å². The Labute approximate surface area is 150 Å². The van der Waals surface area contributed by atoms with Crippen LogP contribution in [0.4, 0.5) is 0 Å². The van der Waals surface area contributed by atoms with E-state index < -0.39 is 0 Å². The summed E-state index contributed by atoms with van der Waals surface area (Å²) in [5.41, 5.74) is 3.97. The first-order valence-electron chi connectivity index (χ1n) is 9.38. The highest BCUT2D eigenvalue weighted by atomic mass is 15.3. The standard InChI is InChI=1S/C23H26N2/c1-4-15-22(3)23(5-2,25-22)20-13-9-8-12-19(20)21-18-11-7-6-10-17(18)14-16-24-21/h6-14,16,25H,4-5,15H2,1-3H3/t22-,23?/m0/s1. The molecule has 1 fully saturated rings. The van der Waals surface area contributed by atoms with Crippen molar-refractivity contribution in [3.63, 3.8) is 0 Å². The molecule has 2 aromatic carbocycles. The molecule has 3 aromatic rings. The van der Waals surface area contributed by atoms with Crippen molar-refractivity contribution in [1.29, 1.82) is 0 Å². The van der Waals surface area contributed by atoms with Crippen molar-refractivity contribution in [2.75, 3.05) is 0 Å². The van der Waals surface area contributed by atoms with E-state index in [1.807, 2.05) is 6.20 Å². The van der Waals surface area contributed by atoms with Gasteiger partial charge in [0.1, 0.15) is 0 Å². The molecule has 25 heavy (non-hydrogen) atoms. The van der Waals surface area contributed by atoms with Crippen LogP contribution in [0.3, 0.4) is 0 Å². The predicted molar refractivity (Wildman–Crippen MR) is 106 cm³/mol. The number of rotatable bonds is 5. The van der Waals surface area contributed by atoms with E-state index >= 15 is 0 Å². The molecule has 1 unspecified atom stereocenters. The Kier molecular flexibility index (Phi) is 3.88. The molecular weight excluding hydrogens is 304 g/mol. The van der Waals surface area contributed by atoms with Gasteiger partial charge >= 0.3 is 0 Å². The Morgan fingerprint density at radius 1 is 0.960 bits per heavy atom. The van der Waals surface area contributed by atoms with Gasteiger partial charge < -0.3 is 0 Å². The number of aromatic nitrogens is 1. The first-order chi connectivity index (χ1) is 12.1. The molecule has 0 saturated carbocycles. The summed E-state index contributed by atoms with van der Waals surface area (Å²) in [5.74, 6) is 0. The van der Waals surface area contributed by atoms with Gasteiger partial charge in [-0.3, -0.25) is 10.3 Å². The molecule has 0 radical (unpaired) electrons. The zero-order valence-electron chi connectivity index (χ0n) is 15.3. The average molecular weight is 330 g/mol. The maximum absolute atomic E-state index is 4.78. The fourth-order valence-electron chi connectivity index (χ4n) is 4.65. The molecule has 2 atom stereocenters. The molecule has 1 aliphatic rings. The summed E-state index contributed by atoms with van der Waals surface area (Å²) in [4.78, 5) is 4.78. The molecule has 0 amide bonds. The second kappa shape index (κ2) is 5.96. The number of fused-ring (bicyclic) bond motifs is 1. The third-order valence-corrected chi connectivity index (χ3v) is 5.96. The van der Waals surface area contributed by atoms with Gasteiger partial charge in [0.2, 0.25) is 0 Å². The van der Waals surface area contributed by atoms with Crippen LogP contribution in [0.1, 0.15) is 45.6 Å². The number of nitrogens with one attached hydrogen (secondary N) is 1. The van der Waals surface area contributed by atoms with Gasteiger partial charge in [-0.15, -0.1) is 0 Å². The van der Waals surface area contributed by atoms with Crippen molar-refractivity contribution in [2.45, 2.75) is 51.1 Å². The van der Waals surface area contributed by atoms with Crippen LogP contribution in [0.5, 0.6) is 0 Å². The zero-order valence-corrected chi connectivity index (χ0v) is 15.3. The lowest BCUT2D eigenvalue weighted by Gasteiger charge is -2.22. The SMILES string of the molecule is CCC[C@]1(C)NC1(CC)c1ccccc1-c1nccc2ccccc12. The van der Waals surface area contributed by atoms with Crippen molar-refractivity contribution >= 4 is 10.8 Å². The largest absolute Gasteiger partial charge is 0.298 e. The number of hydrogen-bond acceptors (Lipinski definition) is 2. The van der Waals surface area contributed by atoms with Crippen molar-refractivity contribution in [2.24, 2.45) is 0 Å². The molecule has 1 saturated heterocycles. The average Bonchev–Trinajstić information content (AvgIpc) is 3.27. The highest BCUT2D eigenvalue weighted by molar-refractivity contribution is 5.95. The molecule has 0 spiro atoms. The molecule has 2 heterocycles. The van der Waals surface area contributed by atoms with Gasteiger partial charge in [0.05, 0.1) is 11.2 Å². The number of pyridine rings is 1. The minimum atomic E-state index is 0.0538. The van der Waals surface area contributed by atoms with E-state index in [9.17, 15) is 0 Å². The van der Waals surface area contributed by atoms with E-state index in [1.165, 1.54) is 34.7 Å². The molecule has 2 nitrogen and oxygen atoms in total. The number of nitrogens with zero attached hydrogens (tertiary/aromatic N) is 1. The number of benzene rings is 2. The van der Waals surface area contributed by atoms with Crippen molar-refractivity contribution in [1.82, 2.24) is 10.3 Å². The molecule has 2 heteroatoms. The van der Waals surface area contributed by atoms with Crippen molar-refractivity contribution < 1.29 is 0 Å². The summed E-state index contributed by atoms with van der Waals surface area (Å²) in [6, 6.07) is 19.4.